The summed E-state index contributed by atoms with van der Waals surface area (Å²) in [4.78, 5) is 29.8. The van der Waals surface area contributed by atoms with Gasteiger partial charge in [-0.15, -0.1) is 0 Å². The van der Waals surface area contributed by atoms with E-state index in [-0.39, 0.29) is 18.0 Å². The van der Waals surface area contributed by atoms with Gasteiger partial charge in [0.1, 0.15) is 12.4 Å². The number of carbonyl (C=O) groups is 1. The summed E-state index contributed by atoms with van der Waals surface area (Å²) >= 11 is 1.94. The van der Waals surface area contributed by atoms with E-state index in [2.05, 4.69) is 4.98 Å². The third kappa shape index (κ3) is 2.67. The van der Waals surface area contributed by atoms with Crippen LogP contribution in [0.25, 0.3) is 0 Å². The van der Waals surface area contributed by atoms with Gasteiger partial charge in [0.15, 0.2) is 0 Å². The third-order valence-electron chi connectivity index (χ3n) is 2.96. The highest BCUT2D eigenvalue weighted by molar-refractivity contribution is 14.1. The van der Waals surface area contributed by atoms with Crippen LogP contribution in [0.1, 0.15) is 18.7 Å². The summed E-state index contributed by atoms with van der Waals surface area (Å²) in [6.07, 6.45) is 3.66. The maximum Gasteiger partial charge on any atom is 0.267 e. The third-order valence-corrected chi connectivity index (χ3v) is 3.70. The van der Waals surface area contributed by atoms with Crippen LogP contribution >= 0.6 is 22.6 Å². The molecule has 17 heavy (non-hydrogen) atoms. The summed E-state index contributed by atoms with van der Waals surface area (Å²) in [5.74, 6) is 0.597. The molecule has 92 valence electrons. The number of rotatable bonds is 2. The predicted octanol–water partition coefficient (Wildman–Crippen LogP) is 0.779. The Balaban J connectivity index is 2.21. The maximum atomic E-state index is 12.0. The van der Waals surface area contributed by atoms with E-state index < -0.39 is 0 Å². The van der Waals surface area contributed by atoms with Gasteiger partial charge in [-0.05, 0) is 42.4 Å². The van der Waals surface area contributed by atoms with Crippen LogP contribution in [-0.4, -0.2) is 33.4 Å². The summed E-state index contributed by atoms with van der Waals surface area (Å²) in [5, 5.41) is 0. The average molecular weight is 347 g/mol. The Kier molecular flexibility index (Phi) is 3.80. The van der Waals surface area contributed by atoms with Crippen LogP contribution in [0.3, 0.4) is 0 Å². The van der Waals surface area contributed by atoms with Crippen molar-refractivity contribution in [3.05, 3.63) is 25.9 Å². The van der Waals surface area contributed by atoms with Gasteiger partial charge in [-0.2, -0.15) is 0 Å². The van der Waals surface area contributed by atoms with Crippen molar-refractivity contribution in [3.63, 3.8) is 0 Å². The molecule has 0 spiro atoms. The molecule has 1 aliphatic heterocycles. The molecule has 0 radical (unpaired) electrons. The van der Waals surface area contributed by atoms with Crippen molar-refractivity contribution in [3.8, 4) is 0 Å². The Hall–Kier alpha value is -0.920. The molecule has 0 unspecified atom stereocenters. The summed E-state index contributed by atoms with van der Waals surface area (Å²) < 4.78 is 1.99. The molecule has 1 aromatic heterocycles. The lowest BCUT2D eigenvalue weighted by Gasteiger charge is -2.16. The lowest BCUT2D eigenvalue weighted by molar-refractivity contribution is -0.130. The quantitative estimate of drug-likeness (QED) is 0.743. The van der Waals surface area contributed by atoms with Gasteiger partial charge in [0, 0.05) is 19.3 Å². The smallest absolute Gasteiger partial charge is 0.267 e. The highest BCUT2D eigenvalue weighted by atomic mass is 127. The number of aromatic nitrogens is 2. The largest absolute Gasteiger partial charge is 0.341 e. The molecule has 2 rings (SSSR count). The highest BCUT2D eigenvalue weighted by Gasteiger charge is 2.19. The Morgan fingerprint density at radius 3 is 2.76 bits per heavy atom. The van der Waals surface area contributed by atoms with E-state index in [9.17, 15) is 9.59 Å². The van der Waals surface area contributed by atoms with E-state index in [0.29, 0.717) is 9.39 Å². The van der Waals surface area contributed by atoms with Crippen molar-refractivity contribution >= 4 is 28.5 Å². The molecule has 1 aliphatic rings. The first-order valence-corrected chi connectivity index (χ1v) is 6.67. The van der Waals surface area contributed by atoms with Gasteiger partial charge in [0.05, 0.1) is 3.57 Å². The van der Waals surface area contributed by atoms with Crippen LogP contribution in [0.2, 0.25) is 0 Å². The number of nitrogens with zero attached hydrogens (tertiary/aromatic N) is 3. The van der Waals surface area contributed by atoms with E-state index in [1.165, 1.54) is 10.8 Å². The summed E-state index contributed by atoms with van der Waals surface area (Å²) in [6.45, 7) is 3.47. The molecule has 6 heteroatoms. The van der Waals surface area contributed by atoms with Crippen LogP contribution < -0.4 is 5.56 Å². The van der Waals surface area contributed by atoms with Crippen LogP contribution in [0.5, 0.6) is 0 Å². The zero-order valence-corrected chi connectivity index (χ0v) is 11.8. The first-order chi connectivity index (χ1) is 8.09. The average Bonchev–Trinajstić information content (AvgIpc) is 2.83. The molecular weight excluding hydrogens is 333 g/mol. The summed E-state index contributed by atoms with van der Waals surface area (Å²) in [7, 11) is 0. The Morgan fingerprint density at radius 1 is 1.47 bits per heavy atom. The van der Waals surface area contributed by atoms with Gasteiger partial charge < -0.3 is 4.90 Å². The second-order valence-electron chi connectivity index (χ2n) is 4.13. The molecular formula is C11H14IN3O2. The minimum Gasteiger partial charge on any atom is -0.341 e. The monoisotopic (exact) mass is 347 g/mol. The Bertz CT molecular complexity index is 492. The fraction of sp³-hybridized carbons (Fsp3) is 0.545. The predicted molar refractivity (Wildman–Crippen MR) is 71.8 cm³/mol. The summed E-state index contributed by atoms with van der Waals surface area (Å²) in [5.41, 5.74) is -0.134. The molecule has 5 nitrogen and oxygen atoms in total. The first kappa shape index (κ1) is 12.5. The van der Waals surface area contributed by atoms with Gasteiger partial charge in [-0.25, -0.2) is 4.98 Å². The zero-order chi connectivity index (χ0) is 12.4. The number of hydrogen-bond acceptors (Lipinski definition) is 3. The molecule has 0 saturated carbocycles. The van der Waals surface area contributed by atoms with Crippen molar-refractivity contribution in [1.29, 1.82) is 0 Å². The zero-order valence-electron chi connectivity index (χ0n) is 9.65. The number of amides is 1. The standard InChI is InChI=1S/C11H14IN3O2/c1-8-13-6-9(12)11(17)15(8)7-10(16)14-4-2-3-5-14/h6H,2-5,7H2,1H3. The number of carbonyl (C=O) groups excluding carboxylic acids is 1. The van der Waals surface area contributed by atoms with E-state index >= 15 is 0 Å². The lowest BCUT2D eigenvalue weighted by atomic mass is 10.4. The van der Waals surface area contributed by atoms with Gasteiger partial charge in [0.25, 0.3) is 5.56 Å². The molecule has 1 fully saturated rings. The molecule has 1 saturated heterocycles. The Morgan fingerprint density at radius 2 is 2.12 bits per heavy atom. The molecule has 0 aromatic carbocycles. The number of halogens is 1. The maximum absolute atomic E-state index is 12.0. The minimum atomic E-state index is -0.134. The van der Waals surface area contributed by atoms with E-state index in [1.807, 2.05) is 27.5 Å². The van der Waals surface area contributed by atoms with Crippen LogP contribution in [0, 0.1) is 10.5 Å². The van der Waals surface area contributed by atoms with Gasteiger partial charge >= 0.3 is 0 Å². The van der Waals surface area contributed by atoms with Crippen molar-refractivity contribution < 1.29 is 4.79 Å². The van der Waals surface area contributed by atoms with Gasteiger partial charge in [0.2, 0.25) is 5.91 Å². The fourth-order valence-corrected chi connectivity index (χ4v) is 2.37. The lowest BCUT2D eigenvalue weighted by Crippen LogP contribution is -2.36. The second kappa shape index (κ2) is 5.16. The van der Waals surface area contributed by atoms with Crippen molar-refractivity contribution in [2.75, 3.05) is 13.1 Å². The molecule has 2 heterocycles. The molecule has 1 amide bonds. The van der Waals surface area contributed by atoms with E-state index in [0.717, 1.165) is 25.9 Å². The molecule has 0 aliphatic carbocycles. The van der Waals surface area contributed by atoms with Crippen LogP contribution in [0.15, 0.2) is 11.0 Å². The van der Waals surface area contributed by atoms with Crippen LogP contribution in [0.4, 0.5) is 0 Å². The SMILES string of the molecule is Cc1ncc(I)c(=O)n1CC(=O)N1CCCC1. The van der Waals surface area contributed by atoms with Gasteiger partial charge in [-0.3, -0.25) is 14.2 Å². The van der Waals surface area contributed by atoms with E-state index in [4.69, 9.17) is 0 Å². The number of hydrogen-bond donors (Lipinski definition) is 0. The molecule has 0 bridgehead atoms. The highest BCUT2D eigenvalue weighted by Crippen LogP contribution is 2.08. The summed E-state index contributed by atoms with van der Waals surface area (Å²) in [6, 6.07) is 0. The number of aryl methyl sites for hydroxylation is 1. The topological polar surface area (TPSA) is 55.2 Å². The second-order valence-corrected chi connectivity index (χ2v) is 5.29. The van der Waals surface area contributed by atoms with Crippen molar-refractivity contribution in [2.45, 2.75) is 26.3 Å². The van der Waals surface area contributed by atoms with Crippen molar-refractivity contribution in [2.24, 2.45) is 0 Å². The molecule has 1 aromatic rings. The van der Waals surface area contributed by atoms with Crippen LogP contribution in [-0.2, 0) is 11.3 Å². The first-order valence-electron chi connectivity index (χ1n) is 5.59. The molecule has 0 N–H and O–H groups in total. The minimum absolute atomic E-state index is 0.0106. The van der Waals surface area contributed by atoms with Gasteiger partial charge in [-0.1, -0.05) is 0 Å². The van der Waals surface area contributed by atoms with E-state index in [1.54, 1.807) is 6.92 Å². The molecule has 0 atom stereocenters. The Labute approximate surface area is 113 Å². The normalized spacial score (nSPS) is 15.3. The van der Waals surface area contributed by atoms with Crippen molar-refractivity contribution in [1.82, 2.24) is 14.5 Å². The number of likely N-dealkylation sites (tertiary alicyclic amines) is 1. The fourth-order valence-electron chi connectivity index (χ4n) is 1.94.